The van der Waals surface area contributed by atoms with Crippen molar-refractivity contribution < 1.29 is 4.79 Å². The molecule has 1 fully saturated rings. The zero-order chi connectivity index (χ0) is 13.3. The Morgan fingerprint density at radius 1 is 1.44 bits per heavy atom. The molecule has 18 heavy (non-hydrogen) atoms. The summed E-state index contributed by atoms with van der Waals surface area (Å²) >= 11 is 7.72. The van der Waals surface area contributed by atoms with E-state index in [-0.39, 0.29) is 5.91 Å². The quantitative estimate of drug-likeness (QED) is 0.801. The predicted octanol–water partition coefficient (Wildman–Crippen LogP) is 2.51. The topological polar surface area (TPSA) is 23.6 Å². The molecule has 1 aromatic carbocycles. The molecule has 2 rings (SSSR count). The average Bonchev–Trinajstić information content (AvgIpc) is 2.35. The van der Waals surface area contributed by atoms with Crippen LogP contribution >= 0.6 is 28.6 Å². The van der Waals surface area contributed by atoms with Gasteiger partial charge in [0.05, 0.1) is 5.56 Å². The molecule has 1 aromatic rings. The maximum atomic E-state index is 12.5. The van der Waals surface area contributed by atoms with Crippen LogP contribution in [0.3, 0.4) is 0 Å². The van der Waals surface area contributed by atoms with Crippen molar-refractivity contribution in [2.24, 2.45) is 0 Å². The largest absolute Gasteiger partial charge is 0.336 e. The molecule has 0 spiro atoms. The van der Waals surface area contributed by atoms with Crippen LogP contribution in [0, 0.1) is 0 Å². The second-order valence-electron chi connectivity index (χ2n) is 4.74. The van der Waals surface area contributed by atoms with Gasteiger partial charge in [-0.15, -0.1) is 12.6 Å². The molecule has 1 unspecified atom stereocenters. The highest BCUT2D eigenvalue weighted by Gasteiger charge is 2.26. The number of benzene rings is 1. The molecule has 0 radical (unpaired) electrons. The highest BCUT2D eigenvalue weighted by molar-refractivity contribution is 9.10. The van der Waals surface area contributed by atoms with Crippen molar-refractivity contribution in [1.29, 1.82) is 0 Å². The smallest absolute Gasteiger partial charge is 0.255 e. The van der Waals surface area contributed by atoms with E-state index < -0.39 is 0 Å². The van der Waals surface area contributed by atoms with E-state index in [1.165, 1.54) is 0 Å². The molecular formula is C13H17BrN2OS. The summed E-state index contributed by atoms with van der Waals surface area (Å²) in [6, 6.07) is 5.96. The minimum Gasteiger partial charge on any atom is -0.336 e. The third-order valence-electron chi connectivity index (χ3n) is 3.43. The lowest BCUT2D eigenvalue weighted by Gasteiger charge is -2.37. The van der Waals surface area contributed by atoms with Crippen LogP contribution in [0.4, 0.5) is 0 Å². The Bertz CT molecular complexity index is 466. The zero-order valence-electron chi connectivity index (χ0n) is 10.6. The summed E-state index contributed by atoms with van der Waals surface area (Å²) in [5.41, 5.74) is 0.694. The van der Waals surface area contributed by atoms with E-state index in [2.05, 4.69) is 47.4 Å². The highest BCUT2D eigenvalue weighted by Crippen LogP contribution is 2.22. The Hall–Kier alpha value is -0.520. The van der Waals surface area contributed by atoms with Gasteiger partial charge < -0.3 is 9.80 Å². The molecule has 98 valence electrons. The predicted molar refractivity (Wildman–Crippen MR) is 79.4 cm³/mol. The fourth-order valence-corrected chi connectivity index (χ4v) is 2.70. The SMILES string of the molecule is CC1CN(C(=O)c2cc(S)ccc2Br)CCN1C. The summed E-state index contributed by atoms with van der Waals surface area (Å²) in [5, 5.41) is 0. The molecule has 3 nitrogen and oxygen atoms in total. The number of hydrogen-bond acceptors (Lipinski definition) is 3. The van der Waals surface area contributed by atoms with Crippen molar-refractivity contribution in [3.8, 4) is 0 Å². The van der Waals surface area contributed by atoms with Gasteiger partial charge in [0.2, 0.25) is 0 Å². The van der Waals surface area contributed by atoms with Gasteiger partial charge in [0.25, 0.3) is 5.91 Å². The normalized spacial score (nSPS) is 21.1. The van der Waals surface area contributed by atoms with Crippen LogP contribution in [-0.4, -0.2) is 48.4 Å². The molecule has 1 saturated heterocycles. The second-order valence-corrected chi connectivity index (χ2v) is 6.12. The standard InChI is InChI=1S/C13H17BrN2OS/c1-9-8-16(6-5-15(9)2)13(17)11-7-10(18)3-4-12(11)14/h3-4,7,9,18H,5-6,8H2,1-2H3. The number of carbonyl (C=O) groups is 1. The van der Waals surface area contributed by atoms with E-state index in [1.54, 1.807) is 0 Å². The van der Waals surface area contributed by atoms with Gasteiger partial charge >= 0.3 is 0 Å². The molecule has 1 amide bonds. The van der Waals surface area contributed by atoms with Crippen LogP contribution in [0.5, 0.6) is 0 Å². The van der Waals surface area contributed by atoms with Gasteiger partial charge in [-0.05, 0) is 48.1 Å². The molecule has 0 saturated carbocycles. The van der Waals surface area contributed by atoms with E-state index in [1.807, 2.05) is 23.1 Å². The third kappa shape index (κ3) is 2.90. The molecule has 1 aliphatic rings. The summed E-state index contributed by atoms with van der Waals surface area (Å²) in [6.07, 6.45) is 0. The summed E-state index contributed by atoms with van der Waals surface area (Å²) in [4.78, 5) is 17.5. The van der Waals surface area contributed by atoms with Gasteiger partial charge in [0.15, 0.2) is 0 Å². The van der Waals surface area contributed by atoms with E-state index in [0.29, 0.717) is 11.6 Å². The van der Waals surface area contributed by atoms with Crippen molar-refractivity contribution >= 4 is 34.5 Å². The fraction of sp³-hybridized carbons (Fsp3) is 0.462. The molecule has 0 N–H and O–H groups in total. The number of nitrogens with zero attached hydrogens (tertiary/aromatic N) is 2. The first-order valence-corrected chi connectivity index (χ1v) is 7.21. The maximum absolute atomic E-state index is 12.5. The zero-order valence-corrected chi connectivity index (χ0v) is 13.0. The van der Waals surface area contributed by atoms with Crippen molar-refractivity contribution in [3.63, 3.8) is 0 Å². The molecule has 1 aliphatic heterocycles. The summed E-state index contributed by atoms with van der Waals surface area (Å²) < 4.78 is 0.830. The summed E-state index contributed by atoms with van der Waals surface area (Å²) in [7, 11) is 2.09. The van der Waals surface area contributed by atoms with Gasteiger partial charge in [0.1, 0.15) is 0 Å². The highest BCUT2D eigenvalue weighted by atomic mass is 79.9. The number of thiol groups is 1. The number of carbonyl (C=O) groups excluding carboxylic acids is 1. The lowest BCUT2D eigenvalue weighted by atomic mass is 10.1. The van der Waals surface area contributed by atoms with Crippen LogP contribution in [0.2, 0.25) is 0 Å². The Morgan fingerprint density at radius 3 is 2.83 bits per heavy atom. The van der Waals surface area contributed by atoms with Gasteiger partial charge in [-0.3, -0.25) is 4.79 Å². The molecular weight excluding hydrogens is 312 g/mol. The maximum Gasteiger partial charge on any atom is 0.255 e. The first-order chi connectivity index (χ1) is 8.49. The Morgan fingerprint density at radius 2 is 2.17 bits per heavy atom. The Labute approximate surface area is 122 Å². The minimum absolute atomic E-state index is 0.0812. The van der Waals surface area contributed by atoms with Crippen LogP contribution in [0.15, 0.2) is 27.6 Å². The summed E-state index contributed by atoms with van der Waals surface area (Å²) in [5.74, 6) is 0.0812. The average molecular weight is 329 g/mol. The van der Waals surface area contributed by atoms with Crippen LogP contribution in [0.25, 0.3) is 0 Å². The number of halogens is 1. The van der Waals surface area contributed by atoms with Gasteiger partial charge in [0, 0.05) is 35.0 Å². The van der Waals surface area contributed by atoms with E-state index in [0.717, 1.165) is 29.0 Å². The van der Waals surface area contributed by atoms with Crippen molar-refractivity contribution in [1.82, 2.24) is 9.80 Å². The van der Waals surface area contributed by atoms with E-state index in [4.69, 9.17) is 0 Å². The van der Waals surface area contributed by atoms with Gasteiger partial charge in [-0.1, -0.05) is 0 Å². The molecule has 0 aromatic heterocycles. The first kappa shape index (κ1) is 13.9. The third-order valence-corrected chi connectivity index (χ3v) is 4.40. The Balaban J connectivity index is 2.19. The molecule has 0 aliphatic carbocycles. The van der Waals surface area contributed by atoms with Crippen LogP contribution in [-0.2, 0) is 0 Å². The first-order valence-electron chi connectivity index (χ1n) is 5.97. The molecule has 1 atom stereocenters. The van der Waals surface area contributed by atoms with Gasteiger partial charge in [-0.25, -0.2) is 0 Å². The van der Waals surface area contributed by atoms with E-state index >= 15 is 0 Å². The van der Waals surface area contributed by atoms with Crippen LogP contribution in [0.1, 0.15) is 17.3 Å². The molecule has 1 heterocycles. The number of rotatable bonds is 1. The van der Waals surface area contributed by atoms with Crippen LogP contribution < -0.4 is 0 Å². The lowest BCUT2D eigenvalue weighted by molar-refractivity contribution is 0.0571. The molecule has 5 heteroatoms. The summed E-state index contributed by atoms with van der Waals surface area (Å²) in [6.45, 7) is 4.62. The van der Waals surface area contributed by atoms with Crippen molar-refractivity contribution in [2.75, 3.05) is 26.7 Å². The Kier molecular flexibility index (Phi) is 4.35. The van der Waals surface area contributed by atoms with Gasteiger partial charge in [-0.2, -0.15) is 0 Å². The second kappa shape index (κ2) is 5.63. The minimum atomic E-state index is 0.0812. The van der Waals surface area contributed by atoms with Crippen molar-refractivity contribution in [2.45, 2.75) is 17.9 Å². The number of hydrogen-bond donors (Lipinski definition) is 1. The fourth-order valence-electron chi connectivity index (χ4n) is 2.08. The monoisotopic (exact) mass is 328 g/mol. The number of piperazine rings is 1. The lowest BCUT2D eigenvalue weighted by Crippen LogP contribution is -2.52. The number of likely N-dealkylation sites (N-methyl/N-ethyl adjacent to an activating group) is 1. The molecule has 0 bridgehead atoms. The number of amides is 1. The van der Waals surface area contributed by atoms with E-state index in [9.17, 15) is 4.79 Å². The van der Waals surface area contributed by atoms with Crippen molar-refractivity contribution in [3.05, 3.63) is 28.2 Å².